The Bertz CT molecular complexity index is 445. The Morgan fingerprint density at radius 3 is 2.78 bits per heavy atom. The van der Waals surface area contributed by atoms with Crippen molar-refractivity contribution in [3.63, 3.8) is 0 Å². The van der Waals surface area contributed by atoms with Crippen LogP contribution in [0.25, 0.3) is 0 Å². The zero-order valence-corrected chi connectivity index (χ0v) is 12.2. The summed E-state index contributed by atoms with van der Waals surface area (Å²) in [4.78, 5) is 17.6. The first-order valence-corrected chi connectivity index (χ1v) is 6.14. The minimum atomic E-state index is -0.958. The number of rotatable bonds is 4. The van der Waals surface area contributed by atoms with Crippen molar-refractivity contribution < 1.29 is 9.90 Å². The predicted octanol–water partition coefficient (Wildman–Crippen LogP) is 0.973. The number of amides is 1. The summed E-state index contributed by atoms with van der Waals surface area (Å²) in [5.74, 6) is 5.35. The number of pyridine rings is 1. The van der Waals surface area contributed by atoms with Crippen LogP contribution < -0.4 is 11.3 Å². The van der Waals surface area contributed by atoms with E-state index in [1.165, 1.54) is 4.90 Å². The first kappa shape index (κ1) is 14.9. The molecule has 18 heavy (non-hydrogen) atoms. The van der Waals surface area contributed by atoms with Crippen molar-refractivity contribution in [3.8, 4) is 0 Å². The Hall–Kier alpha value is -1.18. The molecule has 0 aliphatic rings. The zero-order chi connectivity index (χ0) is 13.9. The summed E-state index contributed by atoms with van der Waals surface area (Å²) >= 11 is 3.25. The predicted molar refractivity (Wildman–Crippen MR) is 73.0 cm³/mol. The van der Waals surface area contributed by atoms with Gasteiger partial charge in [-0.2, -0.15) is 0 Å². The van der Waals surface area contributed by atoms with Crippen molar-refractivity contribution in [1.29, 1.82) is 0 Å². The number of nitrogens with zero attached hydrogens (tertiary/aromatic N) is 2. The number of hydrogen-bond acceptors (Lipinski definition) is 5. The van der Waals surface area contributed by atoms with E-state index < -0.39 is 5.60 Å². The van der Waals surface area contributed by atoms with E-state index in [1.54, 1.807) is 33.2 Å². The molecule has 1 aromatic rings. The first-order valence-electron chi connectivity index (χ1n) is 5.34. The smallest absolute Gasteiger partial charge is 0.257 e. The topological polar surface area (TPSA) is 91.5 Å². The molecule has 6 nitrogen and oxygen atoms in total. The standard InChI is InChI=1S/C11H17BrN4O2/c1-11(2,18)6-16(3)10(17)8-4-7(12)5-14-9(8)15-13/h4-5,18H,6,13H2,1-3H3,(H,14,15). The number of carbonyl (C=O) groups is 1. The van der Waals surface area contributed by atoms with Crippen molar-refractivity contribution in [2.75, 3.05) is 19.0 Å². The highest BCUT2D eigenvalue weighted by Gasteiger charge is 2.22. The van der Waals surface area contributed by atoms with Gasteiger partial charge >= 0.3 is 0 Å². The number of likely N-dealkylation sites (N-methyl/N-ethyl adjacent to an activating group) is 1. The molecule has 0 aliphatic heterocycles. The Morgan fingerprint density at radius 2 is 2.28 bits per heavy atom. The van der Waals surface area contributed by atoms with E-state index in [4.69, 9.17) is 5.84 Å². The van der Waals surface area contributed by atoms with Gasteiger partial charge in [-0.05, 0) is 35.8 Å². The lowest BCUT2D eigenvalue weighted by Gasteiger charge is -2.26. The van der Waals surface area contributed by atoms with E-state index >= 15 is 0 Å². The Kier molecular flexibility index (Phi) is 4.66. The second-order valence-electron chi connectivity index (χ2n) is 4.67. The van der Waals surface area contributed by atoms with Crippen LogP contribution in [0.15, 0.2) is 16.7 Å². The van der Waals surface area contributed by atoms with Crippen LogP contribution in [0.3, 0.4) is 0 Å². The minimum Gasteiger partial charge on any atom is -0.389 e. The summed E-state index contributed by atoms with van der Waals surface area (Å²) in [6.45, 7) is 3.48. The fraction of sp³-hybridized carbons (Fsp3) is 0.455. The third kappa shape index (κ3) is 3.94. The van der Waals surface area contributed by atoms with Crippen molar-refractivity contribution in [3.05, 3.63) is 22.3 Å². The number of hydrazine groups is 1. The SMILES string of the molecule is CN(CC(C)(C)O)C(=O)c1cc(Br)cnc1NN. The summed E-state index contributed by atoms with van der Waals surface area (Å²) in [5.41, 5.74) is 1.77. The lowest BCUT2D eigenvalue weighted by molar-refractivity contribution is 0.0368. The van der Waals surface area contributed by atoms with E-state index in [9.17, 15) is 9.90 Å². The molecule has 100 valence electrons. The van der Waals surface area contributed by atoms with Gasteiger partial charge in [-0.25, -0.2) is 10.8 Å². The third-order valence-electron chi connectivity index (χ3n) is 2.19. The lowest BCUT2D eigenvalue weighted by Crippen LogP contribution is -2.40. The van der Waals surface area contributed by atoms with Gasteiger partial charge in [0.1, 0.15) is 0 Å². The van der Waals surface area contributed by atoms with Crippen LogP contribution in [-0.2, 0) is 0 Å². The number of carbonyl (C=O) groups excluding carboxylic acids is 1. The molecule has 0 aliphatic carbocycles. The summed E-state index contributed by atoms with van der Waals surface area (Å²) in [5, 5.41) is 9.71. The van der Waals surface area contributed by atoms with Crippen LogP contribution in [0.5, 0.6) is 0 Å². The van der Waals surface area contributed by atoms with E-state index in [0.717, 1.165) is 0 Å². The molecule has 0 spiro atoms. The number of aliphatic hydroxyl groups is 1. The molecule has 4 N–H and O–H groups in total. The molecular formula is C11H17BrN4O2. The van der Waals surface area contributed by atoms with Gasteiger partial charge in [-0.3, -0.25) is 4.79 Å². The number of hydrogen-bond donors (Lipinski definition) is 3. The molecule has 1 heterocycles. The molecule has 0 aromatic carbocycles. The maximum atomic E-state index is 12.2. The molecule has 7 heteroatoms. The van der Waals surface area contributed by atoms with Crippen molar-refractivity contribution in [2.45, 2.75) is 19.4 Å². The summed E-state index contributed by atoms with van der Waals surface area (Å²) < 4.78 is 0.682. The molecule has 0 saturated carbocycles. The number of anilines is 1. The average Bonchev–Trinajstić information content (AvgIpc) is 2.25. The summed E-state index contributed by atoms with van der Waals surface area (Å²) in [6.07, 6.45) is 1.54. The normalized spacial score (nSPS) is 11.2. The van der Waals surface area contributed by atoms with E-state index in [1.807, 2.05) is 0 Å². The minimum absolute atomic E-state index is 0.211. The van der Waals surface area contributed by atoms with Gasteiger partial charge in [0.15, 0.2) is 5.82 Å². The van der Waals surface area contributed by atoms with Crippen molar-refractivity contribution in [1.82, 2.24) is 9.88 Å². The molecule has 0 atom stereocenters. The van der Waals surface area contributed by atoms with Crippen LogP contribution in [-0.4, -0.2) is 40.1 Å². The molecular weight excluding hydrogens is 300 g/mol. The Morgan fingerprint density at radius 1 is 1.67 bits per heavy atom. The number of nitrogens with two attached hydrogens (primary N) is 1. The summed E-state index contributed by atoms with van der Waals surface area (Å²) in [6, 6.07) is 1.63. The summed E-state index contributed by atoms with van der Waals surface area (Å²) in [7, 11) is 1.61. The van der Waals surface area contributed by atoms with Crippen LogP contribution >= 0.6 is 15.9 Å². The lowest BCUT2D eigenvalue weighted by atomic mass is 10.1. The maximum Gasteiger partial charge on any atom is 0.257 e. The van der Waals surface area contributed by atoms with Gasteiger partial charge in [-0.15, -0.1) is 0 Å². The quantitative estimate of drug-likeness (QED) is 0.569. The van der Waals surface area contributed by atoms with Crippen LogP contribution in [0.4, 0.5) is 5.82 Å². The van der Waals surface area contributed by atoms with E-state index in [2.05, 4.69) is 26.3 Å². The Labute approximate surface area is 114 Å². The van der Waals surface area contributed by atoms with Gasteiger partial charge in [0.25, 0.3) is 5.91 Å². The highest BCUT2D eigenvalue weighted by molar-refractivity contribution is 9.10. The average molecular weight is 317 g/mol. The highest BCUT2D eigenvalue weighted by Crippen LogP contribution is 2.19. The van der Waals surface area contributed by atoms with Crippen LogP contribution in [0.2, 0.25) is 0 Å². The third-order valence-corrected chi connectivity index (χ3v) is 2.63. The van der Waals surface area contributed by atoms with E-state index in [0.29, 0.717) is 15.9 Å². The van der Waals surface area contributed by atoms with Gasteiger partial charge in [0.2, 0.25) is 0 Å². The molecule has 1 aromatic heterocycles. The molecule has 0 radical (unpaired) electrons. The number of nitrogens with one attached hydrogen (secondary N) is 1. The van der Waals surface area contributed by atoms with Crippen molar-refractivity contribution in [2.24, 2.45) is 5.84 Å². The van der Waals surface area contributed by atoms with Crippen LogP contribution in [0.1, 0.15) is 24.2 Å². The molecule has 0 saturated heterocycles. The second-order valence-corrected chi connectivity index (χ2v) is 5.58. The largest absolute Gasteiger partial charge is 0.389 e. The number of halogens is 1. The highest BCUT2D eigenvalue weighted by atomic mass is 79.9. The molecule has 1 amide bonds. The monoisotopic (exact) mass is 316 g/mol. The molecule has 1 rings (SSSR count). The fourth-order valence-electron chi connectivity index (χ4n) is 1.58. The zero-order valence-electron chi connectivity index (χ0n) is 10.6. The molecule has 0 unspecified atom stereocenters. The molecule has 0 bridgehead atoms. The van der Waals surface area contributed by atoms with Gasteiger partial charge in [0, 0.05) is 24.3 Å². The van der Waals surface area contributed by atoms with Gasteiger partial charge < -0.3 is 15.4 Å². The van der Waals surface area contributed by atoms with E-state index in [-0.39, 0.29) is 12.5 Å². The fourth-order valence-corrected chi connectivity index (χ4v) is 1.91. The van der Waals surface area contributed by atoms with Crippen molar-refractivity contribution >= 4 is 27.7 Å². The molecule has 0 fully saturated rings. The number of nitrogen functional groups attached to an aromatic ring is 1. The Balaban J connectivity index is 2.99. The number of aromatic nitrogens is 1. The van der Waals surface area contributed by atoms with Gasteiger partial charge in [0.05, 0.1) is 11.2 Å². The first-order chi connectivity index (χ1) is 8.24. The second kappa shape index (κ2) is 5.64. The van der Waals surface area contributed by atoms with Crippen LogP contribution in [0, 0.1) is 0 Å². The maximum absolute atomic E-state index is 12.2. The van der Waals surface area contributed by atoms with Gasteiger partial charge in [-0.1, -0.05) is 0 Å².